The summed E-state index contributed by atoms with van der Waals surface area (Å²) in [5.74, 6) is 0. The minimum Gasteiger partial charge on any atom is -0.369 e. The fraction of sp³-hybridized carbons (Fsp3) is 0.600. The molecule has 1 aromatic rings. The Bertz CT molecular complexity index is 329. The number of hydrogen-bond acceptors (Lipinski definition) is 2. The van der Waals surface area contributed by atoms with E-state index in [9.17, 15) is 0 Å². The molecule has 1 heterocycles. The van der Waals surface area contributed by atoms with E-state index in [1.807, 2.05) is 0 Å². The van der Waals surface area contributed by atoms with Crippen molar-refractivity contribution in [1.82, 2.24) is 5.32 Å². The molecule has 0 aromatic heterocycles. The van der Waals surface area contributed by atoms with E-state index < -0.39 is 0 Å². The number of hydrogen-bond donors (Lipinski definition) is 1. The van der Waals surface area contributed by atoms with Crippen LogP contribution in [0.3, 0.4) is 0 Å². The minimum atomic E-state index is 0.666. The maximum absolute atomic E-state index is 3.60. The van der Waals surface area contributed by atoms with Crippen LogP contribution in [0.4, 0.5) is 5.69 Å². The average molecular weight is 232 g/mol. The Morgan fingerprint density at radius 2 is 2.00 bits per heavy atom. The molecule has 1 aliphatic heterocycles. The Morgan fingerprint density at radius 1 is 1.24 bits per heavy atom. The number of piperazine rings is 1. The molecule has 1 aliphatic rings. The van der Waals surface area contributed by atoms with E-state index >= 15 is 0 Å². The Hall–Kier alpha value is -1.02. The molecule has 0 radical (unpaired) electrons. The Labute approximate surface area is 105 Å². The minimum absolute atomic E-state index is 0.666. The molecule has 2 rings (SSSR count). The van der Waals surface area contributed by atoms with Gasteiger partial charge in [-0.25, -0.2) is 0 Å². The summed E-state index contributed by atoms with van der Waals surface area (Å²) < 4.78 is 0. The van der Waals surface area contributed by atoms with Crippen LogP contribution in [0, 0.1) is 0 Å². The fourth-order valence-electron chi connectivity index (χ4n) is 2.54. The monoisotopic (exact) mass is 232 g/mol. The van der Waals surface area contributed by atoms with Gasteiger partial charge in [0.05, 0.1) is 0 Å². The highest BCUT2D eigenvalue weighted by molar-refractivity contribution is 5.48. The third kappa shape index (κ3) is 3.22. The van der Waals surface area contributed by atoms with Gasteiger partial charge < -0.3 is 10.2 Å². The fourth-order valence-corrected chi connectivity index (χ4v) is 2.54. The van der Waals surface area contributed by atoms with E-state index in [1.165, 1.54) is 24.1 Å². The molecule has 17 heavy (non-hydrogen) atoms. The first-order chi connectivity index (χ1) is 8.33. The topological polar surface area (TPSA) is 15.3 Å². The van der Waals surface area contributed by atoms with Gasteiger partial charge in [0.2, 0.25) is 0 Å². The Kier molecular flexibility index (Phi) is 4.43. The number of rotatable bonds is 4. The number of aryl methyl sites for hydroxylation is 1. The second kappa shape index (κ2) is 6.06. The third-order valence-corrected chi connectivity index (χ3v) is 3.60. The molecule has 94 valence electrons. The van der Waals surface area contributed by atoms with Crippen LogP contribution in [-0.4, -0.2) is 25.7 Å². The summed E-state index contributed by atoms with van der Waals surface area (Å²) in [6, 6.07) is 9.72. The van der Waals surface area contributed by atoms with Gasteiger partial charge in [-0.2, -0.15) is 0 Å². The smallest absolute Gasteiger partial charge is 0.0367 e. The summed E-state index contributed by atoms with van der Waals surface area (Å²) in [5.41, 5.74) is 2.80. The number of benzene rings is 1. The molecule has 1 fully saturated rings. The van der Waals surface area contributed by atoms with E-state index in [0.29, 0.717) is 6.04 Å². The second-order valence-electron chi connectivity index (χ2n) is 4.91. The SMILES string of the molecule is CCCC1CN(c2ccc(CC)cc2)CCN1. The van der Waals surface area contributed by atoms with E-state index in [-0.39, 0.29) is 0 Å². The summed E-state index contributed by atoms with van der Waals surface area (Å²) in [4.78, 5) is 2.51. The van der Waals surface area contributed by atoms with Crippen molar-refractivity contribution < 1.29 is 0 Å². The Morgan fingerprint density at radius 3 is 2.65 bits per heavy atom. The van der Waals surface area contributed by atoms with Gasteiger partial charge in [0.15, 0.2) is 0 Å². The second-order valence-corrected chi connectivity index (χ2v) is 4.91. The van der Waals surface area contributed by atoms with E-state index in [1.54, 1.807) is 0 Å². The zero-order valence-corrected chi connectivity index (χ0v) is 11.1. The molecule has 0 spiro atoms. The van der Waals surface area contributed by atoms with Gasteiger partial charge in [0.1, 0.15) is 0 Å². The van der Waals surface area contributed by atoms with Crippen molar-refractivity contribution in [2.75, 3.05) is 24.5 Å². The molecule has 0 bridgehead atoms. The van der Waals surface area contributed by atoms with Crippen LogP contribution < -0.4 is 10.2 Å². The summed E-state index contributed by atoms with van der Waals surface area (Å²) >= 11 is 0. The standard InChI is InChI=1S/C15H24N2/c1-3-5-14-12-17(11-10-16-14)15-8-6-13(4-2)7-9-15/h6-9,14,16H,3-5,10-12H2,1-2H3. The van der Waals surface area contributed by atoms with Crippen LogP contribution >= 0.6 is 0 Å². The van der Waals surface area contributed by atoms with Crippen LogP contribution in [0.2, 0.25) is 0 Å². The van der Waals surface area contributed by atoms with Crippen molar-refractivity contribution in [2.24, 2.45) is 0 Å². The molecule has 2 nitrogen and oxygen atoms in total. The van der Waals surface area contributed by atoms with E-state index in [4.69, 9.17) is 0 Å². The lowest BCUT2D eigenvalue weighted by atomic mass is 10.1. The number of nitrogens with zero attached hydrogens (tertiary/aromatic N) is 1. The summed E-state index contributed by atoms with van der Waals surface area (Å²) in [5, 5.41) is 3.60. The third-order valence-electron chi connectivity index (χ3n) is 3.60. The summed E-state index contributed by atoms with van der Waals surface area (Å²) in [6.45, 7) is 7.86. The molecule has 0 saturated carbocycles. The van der Waals surface area contributed by atoms with Gasteiger partial charge in [-0.3, -0.25) is 0 Å². The van der Waals surface area contributed by atoms with Gasteiger partial charge in [-0.15, -0.1) is 0 Å². The lowest BCUT2D eigenvalue weighted by Crippen LogP contribution is -2.50. The van der Waals surface area contributed by atoms with E-state index in [0.717, 1.165) is 26.1 Å². The molecule has 1 saturated heterocycles. The van der Waals surface area contributed by atoms with Gasteiger partial charge in [-0.05, 0) is 30.5 Å². The van der Waals surface area contributed by atoms with Gasteiger partial charge in [-0.1, -0.05) is 32.4 Å². The van der Waals surface area contributed by atoms with Crippen LogP contribution in [0.5, 0.6) is 0 Å². The zero-order valence-electron chi connectivity index (χ0n) is 11.1. The van der Waals surface area contributed by atoms with Crippen LogP contribution in [0.1, 0.15) is 32.3 Å². The predicted octanol–water partition coefficient (Wildman–Crippen LogP) is 2.83. The zero-order chi connectivity index (χ0) is 12.1. The van der Waals surface area contributed by atoms with Gasteiger partial charge >= 0.3 is 0 Å². The summed E-state index contributed by atoms with van der Waals surface area (Å²) in [6.07, 6.45) is 3.67. The number of nitrogens with one attached hydrogen (secondary N) is 1. The maximum Gasteiger partial charge on any atom is 0.0367 e. The molecule has 0 amide bonds. The van der Waals surface area contributed by atoms with E-state index in [2.05, 4.69) is 48.3 Å². The highest BCUT2D eigenvalue weighted by atomic mass is 15.2. The molecule has 1 N–H and O–H groups in total. The first-order valence-electron chi connectivity index (χ1n) is 6.90. The number of anilines is 1. The largest absolute Gasteiger partial charge is 0.369 e. The van der Waals surface area contributed by atoms with Gasteiger partial charge in [0.25, 0.3) is 0 Å². The molecular formula is C15H24N2. The first-order valence-corrected chi connectivity index (χ1v) is 6.90. The van der Waals surface area contributed by atoms with Crippen LogP contribution in [-0.2, 0) is 6.42 Å². The first kappa shape index (κ1) is 12.4. The van der Waals surface area contributed by atoms with Crippen molar-refractivity contribution in [3.8, 4) is 0 Å². The highest BCUT2D eigenvalue weighted by Crippen LogP contribution is 2.18. The average Bonchev–Trinajstić information content (AvgIpc) is 2.40. The lowest BCUT2D eigenvalue weighted by molar-refractivity contribution is 0.431. The molecular weight excluding hydrogens is 208 g/mol. The highest BCUT2D eigenvalue weighted by Gasteiger charge is 2.18. The quantitative estimate of drug-likeness (QED) is 0.858. The van der Waals surface area contributed by atoms with Crippen molar-refractivity contribution in [3.63, 3.8) is 0 Å². The Balaban J connectivity index is 2.00. The molecule has 1 atom stereocenters. The molecule has 0 aliphatic carbocycles. The predicted molar refractivity (Wildman–Crippen MR) is 74.7 cm³/mol. The van der Waals surface area contributed by atoms with Crippen molar-refractivity contribution >= 4 is 5.69 Å². The van der Waals surface area contributed by atoms with Crippen molar-refractivity contribution in [1.29, 1.82) is 0 Å². The molecule has 1 unspecified atom stereocenters. The van der Waals surface area contributed by atoms with Crippen LogP contribution in [0.15, 0.2) is 24.3 Å². The lowest BCUT2D eigenvalue weighted by Gasteiger charge is -2.35. The van der Waals surface area contributed by atoms with Crippen molar-refractivity contribution in [3.05, 3.63) is 29.8 Å². The maximum atomic E-state index is 3.60. The summed E-state index contributed by atoms with van der Waals surface area (Å²) in [7, 11) is 0. The van der Waals surface area contributed by atoms with Crippen LogP contribution in [0.25, 0.3) is 0 Å². The molecule has 2 heteroatoms. The molecule has 1 aromatic carbocycles. The normalized spacial score (nSPS) is 20.6. The van der Waals surface area contributed by atoms with Crippen molar-refractivity contribution in [2.45, 2.75) is 39.2 Å². The van der Waals surface area contributed by atoms with Gasteiger partial charge in [0, 0.05) is 31.4 Å².